The summed E-state index contributed by atoms with van der Waals surface area (Å²) < 4.78 is 59.6. The number of hydrogen-bond acceptors (Lipinski definition) is 3. The van der Waals surface area contributed by atoms with Crippen LogP contribution in [0, 0.1) is 18.2 Å². The Bertz CT molecular complexity index is 1250. The number of ketones is 1. The number of benzene rings is 3. The molecule has 0 saturated carbocycles. The lowest BCUT2D eigenvalue weighted by molar-refractivity contribution is -0.147. The largest absolute Gasteiger partial charge is 0.487 e. The van der Waals surface area contributed by atoms with Crippen molar-refractivity contribution >= 4 is 22.5 Å². The molecule has 3 rings (SSSR count). The summed E-state index contributed by atoms with van der Waals surface area (Å²) in [6, 6.07) is 10.7. The molecule has 34 heavy (non-hydrogen) atoms. The van der Waals surface area contributed by atoms with E-state index in [2.05, 4.69) is 0 Å². The number of alkyl halides is 3. The number of aliphatic carboxylic acids is 1. The van der Waals surface area contributed by atoms with Crippen LogP contribution >= 0.6 is 0 Å². The predicted octanol–water partition coefficient (Wildman–Crippen LogP) is 6.96. The highest BCUT2D eigenvalue weighted by Crippen LogP contribution is 2.36. The van der Waals surface area contributed by atoms with Crippen molar-refractivity contribution in [3.63, 3.8) is 0 Å². The van der Waals surface area contributed by atoms with Crippen molar-refractivity contribution < 1.29 is 37.0 Å². The minimum atomic E-state index is -4.47. The summed E-state index contributed by atoms with van der Waals surface area (Å²) >= 11 is 0. The fourth-order valence-corrected chi connectivity index (χ4v) is 3.52. The first kappa shape index (κ1) is 25.2. The van der Waals surface area contributed by atoms with Crippen molar-refractivity contribution in [3.05, 3.63) is 76.6 Å². The van der Waals surface area contributed by atoms with Gasteiger partial charge in [0.1, 0.15) is 18.2 Å². The number of aryl methyl sites for hydroxylation is 1. The standard InChI is InChI=1S/C26H24F4O4/c1-15-12-17(26(28,29)30)9-8-16(15)14-34-23-19-7-5-4-6-18(19)21(27)13-20(23)22(31)10-11-25(2,3)24(32)33/h4-9,12-13H,10-11,14H2,1-3H3,(H,32,33). The van der Waals surface area contributed by atoms with Gasteiger partial charge in [-0.05, 0) is 56.5 Å². The highest BCUT2D eigenvalue weighted by Gasteiger charge is 2.31. The second-order valence-corrected chi connectivity index (χ2v) is 8.82. The Morgan fingerprint density at radius 2 is 1.65 bits per heavy atom. The van der Waals surface area contributed by atoms with E-state index in [-0.39, 0.29) is 36.1 Å². The van der Waals surface area contributed by atoms with E-state index in [1.54, 1.807) is 18.2 Å². The van der Waals surface area contributed by atoms with Crippen molar-refractivity contribution in [2.24, 2.45) is 5.41 Å². The Labute approximate surface area is 194 Å². The van der Waals surface area contributed by atoms with Crippen LogP contribution in [0.1, 0.15) is 53.7 Å². The zero-order valence-corrected chi connectivity index (χ0v) is 18.9. The molecule has 0 amide bonds. The fraction of sp³-hybridized carbons (Fsp3) is 0.308. The second-order valence-electron chi connectivity index (χ2n) is 8.82. The third-order valence-electron chi connectivity index (χ3n) is 5.84. The molecule has 0 bridgehead atoms. The average Bonchev–Trinajstić information content (AvgIpc) is 2.76. The number of Topliss-reactive ketones (excluding diaryl/α,β-unsaturated/α-hetero) is 1. The number of carboxylic acid groups (broad SMARTS) is 1. The molecule has 0 heterocycles. The summed E-state index contributed by atoms with van der Waals surface area (Å²) in [5.41, 5.74) is -1.13. The van der Waals surface area contributed by atoms with Gasteiger partial charge in [-0.15, -0.1) is 0 Å². The molecule has 4 nitrogen and oxygen atoms in total. The summed E-state index contributed by atoms with van der Waals surface area (Å²) in [5, 5.41) is 9.87. The van der Waals surface area contributed by atoms with Gasteiger partial charge in [0.05, 0.1) is 16.5 Å². The fourth-order valence-electron chi connectivity index (χ4n) is 3.52. The lowest BCUT2D eigenvalue weighted by Gasteiger charge is -2.19. The number of rotatable bonds is 8. The van der Waals surface area contributed by atoms with Gasteiger partial charge >= 0.3 is 12.1 Å². The Morgan fingerprint density at radius 1 is 1.00 bits per heavy atom. The molecule has 0 aromatic heterocycles. The number of ether oxygens (including phenoxy) is 1. The van der Waals surface area contributed by atoms with Gasteiger partial charge in [0.15, 0.2) is 5.78 Å². The van der Waals surface area contributed by atoms with Crippen LogP contribution in [0.25, 0.3) is 10.8 Å². The minimum Gasteiger partial charge on any atom is -0.487 e. The maximum Gasteiger partial charge on any atom is 0.416 e. The smallest absolute Gasteiger partial charge is 0.416 e. The normalized spacial score (nSPS) is 12.1. The number of carbonyl (C=O) groups excluding carboxylic acids is 1. The first-order valence-corrected chi connectivity index (χ1v) is 10.6. The quantitative estimate of drug-likeness (QED) is 0.282. The van der Waals surface area contributed by atoms with Crippen LogP contribution in [0.15, 0.2) is 48.5 Å². The Kier molecular flexibility index (Phi) is 7.00. The molecular weight excluding hydrogens is 452 g/mol. The highest BCUT2D eigenvalue weighted by atomic mass is 19.4. The van der Waals surface area contributed by atoms with Crippen LogP contribution in [-0.4, -0.2) is 16.9 Å². The van der Waals surface area contributed by atoms with E-state index in [4.69, 9.17) is 4.74 Å². The van der Waals surface area contributed by atoms with Gasteiger partial charge in [-0.1, -0.05) is 30.3 Å². The molecule has 0 saturated heterocycles. The SMILES string of the molecule is Cc1cc(C(F)(F)F)ccc1COc1c(C(=O)CCC(C)(C)C(=O)O)cc(F)c2ccccc12. The van der Waals surface area contributed by atoms with Gasteiger partial charge in [0.2, 0.25) is 0 Å². The van der Waals surface area contributed by atoms with Crippen molar-refractivity contribution in [1.29, 1.82) is 0 Å². The Hall–Kier alpha value is -3.42. The highest BCUT2D eigenvalue weighted by molar-refractivity contribution is 6.05. The molecule has 0 unspecified atom stereocenters. The van der Waals surface area contributed by atoms with Gasteiger partial charge in [-0.2, -0.15) is 13.2 Å². The van der Waals surface area contributed by atoms with E-state index >= 15 is 0 Å². The Morgan fingerprint density at radius 3 is 2.24 bits per heavy atom. The van der Waals surface area contributed by atoms with E-state index in [1.165, 1.54) is 32.9 Å². The van der Waals surface area contributed by atoms with Crippen molar-refractivity contribution in [2.45, 2.75) is 46.4 Å². The molecule has 0 aliphatic rings. The van der Waals surface area contributed by atoms with Gasteiger partial charge in [-0.3, -0.25) is 9.59 Å². The van der Waals surface area contributed by atoms with E-state index in [0.717, 1.165) is 18.2 Å². The third kappa shape index (κ3) is 5.38. The summed E-state index contributed by atoms with van der Waals surface area (Å²) in [5.74, 6) is -2.07. The molecule has 0 aliphatic heterocycles. The number of carboxylic acids is 1. The molecular formula is C26H24F4O4. The lowest BCUT2D eigenvalue weighted by Crippen LogP contribution is -2.24. The summed E-state index contributed by atoms with van der Waals surface area (Å²) in [7, 11) is 0. The van der Waals surface area contributed by atoms with Gasteiger partial charge in [0.25, 0.3) is 0 Å². The summed E-state index contributed by atoms with van der Waals surface area (Å²) in [6.07, 6.45) is -4.58. The molecule has 0 fully saturated rings. The van der Waals surface area contributed by atoms with E-state index in [1.807, 2.05) is 0 Å². The first-order valence-electron chi connectivity index (χ1n) is 10.6. The molecule has 3 aromatic rings. The molecule has 1 N–H and O–H groups in total. The summed E-state index contributed by atoms with van der Waals surface area (Å²) in [6.45, 7) is 4.38. The Balaban J connectivity index is 1.97. The second kappa shape index (κ2) is 9.44. The monoisotopic (exact) mass is 476 g/mol. The van der Waals surface area contributed by atoms with Crippen LogP contribution in [-0.2, 0) is 17.6 Å². The predicted molar refractivity (Wildman–Crippen MR) is 119 cm³/mol. The zero-order valence-electron chi connectivity index (χ0n) is 18.9. The zero-order chi connectivity index (χ0) is 25.3. The van der Waals surface area contributed by atoms with Crippen molar-refractivity contribution in [3.8, 4) is 5.75 Å². The lowest BCUT2D eigenvalue weighted by atomic mass is 9.86. The average molecular weight is 476 g/mol. The molecule has 3 aromatic carbocycles. The number of hydrogen-bond donors (Lipinski definition) is 1. The molecule has 180 valence electrons. The van der Waals surface area contributed by atoms with E-state index < -0.39 is 34.7 Å². The topological polar surface area (TPSA) is 63.6 Å². The van der Waals surface area contributed by atoms with Crippen LogP contribution in [0.3, 0.4) is 0 Å². The molecule has 0 radical (unpaired) electrons. The van der Waals surface area contributed by atoms with Crippen LogP contribution in [0.5, 0.6) is 5.75 Å². The molecule has 8 heteroatoms. The summed E-state index contributed by atoms with van der Waals surface area (Å²) in [4.78, 5) is 24.4. The van der Waals surface area contributed by atoms with Gasteiger partial charge < -0.3 is 9.84 Å². The molecule has 0 aliphatic carbocycles. The number of carbonyl (C=O) groups is 2. The third-order valence-corrected chi connectivity index (χ3v) is 5.84. The minimum absolute atomic E-state index is 0.0348. The first-order chi connectivity index (χ1) is 15.8. The van der Waals surface area contributed by atoms with E-state index in [0.29, 0.717) is 16.5 Å². The maximum atomic E-state index is 14.8. The number of halogens is 4. The van der Waals surface area contributed by atoms with Crippen LogP contribution in [0.2, 0.25) is 0 Å². The van der Waals surface area contributed by atoms with Crippen LogP contribution < -0.4 is 4.74 Å². The van der Waals surface area contributed by atoms with Gasteiger partial charge in [0, 0.05) is 17.2 Å². The van der Waals surface area contributed by atoms with Crippen molar-refractivity contribution in [2.75, 3.05) is 0 Å². The maximum absolute atomic E-state index is 14.8. The molecule has 0 spiro atoms. The van der Waals surface area contributed by atoms with E-state index in [9.17, 15) is 32.3 Å². The van der Waals surface area contributed by atoms with Crippen molar-refractivity contribution in [1.82, 2.24) is 0 Å². The number of fused-ring (bicyclic) bond motifs is 1. The van der Waals surface area contributed by atoms with Gasteiger partial charge in [-0.25, -0.2) is 4.39 Å². The molecule has 0 atom stereocenters. The van der Waals surface area contributed by atoms with Crippen LogP contribution in [0.4, 0.5) is 17.6 Å².